The summed E-state index contributed by atoms with van der Waals surface area (Å²) in [5, 5.41) is 0. The van der Waals surface area contributed by atoms with Crippen LogP contribution in [0.1, 0.15) is 30.6 Å². The smallest absolute Gasteiger partial charge is 0.254 e. The van der Waals surface area contributed by atoms with Crippen LogP contribution >= 0.6 is 0 Å². The van der Waals surface area contributed by atoms with Gasteiger partial charge in [-0.25, -0.2) is 0 Å². The molecule has 18 heavy (non-hydrogen) atoms. The molecule has 0 fully saturated rings. The molecule has 5 nitrogen and oxygen atoms in total. The van der Waals surface area contributed by atoms with E-state index in [1.54, 1.807) is 11.0 Å². The van der Waals surface area contributed by atoms with Crippen molar-refractivity contribution >= 4 is 5.91 Å². The normalized spacial score (nSPS) is 10.7. The molecule has 0 saturated heterocycles. The molecule has 0 saturated carbocycles. The molecule has 0 atom stereocenters. The Labute approximate surface area is 107 Å². The zero-order valence-electron chi connectivity index (χ0n) is 11.0. The predicted molar refractivity (Wildman–Crippen MR) is 71.5 cm³/mol. The van der Waals surface area contributed by atoms with Crippen molar-refractivity contribution in [2.24, 2.45) is 11.7 Å². The van der Waals surface area contributed by atoms with Crippen LogP contribution in [0.2, 0.25) is 0 Å². The van der Waals surface area contributed by atoms with Crippen LogP contribution in [0, 0.1) is 5.92 Å². The standard InChI is InChI=1S/C13H21N3O2/c1-10(2)9-16(7-3-5-14)13(18)11-4-6-15-12(17)8-11/h4,6,8,10H,3,5,7,9,14H2,1-2H3,(H,15,17). The number of carbonyl (C=O) groups excluding carboxylic acids is 1. The molecule has 100 valence electrons. The largest absolute Gasteiger partial charge is 0.338 e. The van der Waals surface area contributed by atoms with Crippen molar-refractivity contribution < 1.29 is 4.79 Å². The number of nitrogens with two attached hydrogens (primary N) is 1. The number of amides is 1. The summed E-state index contributed by atoms with van der Waals surface area (Å²) in [4.78, 5) is 27.7. The third-order valence-electron chi connectivity index (χ3n) is 2.53. The van der Waals surface area contributed by atoms with E-state index in [9.17, 15) is 9.59 Å². The Morgan fingerprint density at radius 1 is 1.50 bits per heavy atom. The second kappa shape index (κ2) is 6.96. The van der Waals surface area contributed by atoms with E-state index in [-0.39, 0.29) is 11.5 Å². The quantitative estimate of drug-likeness (QED) is 0.785. The van der Waals surface area contributed by atoms with Gasteiger partial charge in [0.25, 0.3) is 5.91 Å². The summed E-state index contributed by atoms with van der Waals surface area (Å²) in [6.45, 7) is 5.96. The topological polar surface area (TPSA) is 79.2 Å². The van der Waals surface area contributed by atoms with E-state index >= 15 is 0 Å². The lowest BCUT2D eigenvalue weighted by Crippen LogP contribution is -2.36. The maximum atomic E-state index is 12.3. The molecule has 1 aromatic heterocycles. The van der Waals surface area contributed by atoms with E-state index in [4.69, 9.17) is 5.73 Å². The highest BCUT2D eigenvalue weighted by molar-refractivity contribution is 5.94. The van der Waals surface area contributed by atoms with Crippen LogP contribution in [0.4, 0.5) is 0 Å². The molecular formula is C13H21N3O2. The summed E-state index contributed by atoms with van der Waals surface area (Å²) >= 11 is 0. The Kier molecular flexibility index (Phi) is 5.58. The number of hydrogen-bond donors (Lipinski definition) is 2. The van der Waals surface area contributed by atoms with Crippen molar-refractivity contribution in [2.45, 2.75) is 20.3 Å². The Hall–Kier alpha value is -1.62. The van der Waals surface area contributed by atoms with Crippen molar-refractivity contribution in [3.8, 4) is 0 Å². The third-order valence-corrected chi connectivity index (χ3v) is 2.53. The fourth-order valence-electron chi connectivity index (χ4n) is 1.76. The second-order valence-corrected chi connectivity index (χ2v) is 4.73. The summed E-state index contributed by atoms with van der Waals surface area (Å²) in [7, 11) is 0. The first-order valence-corrected chi connectivity index (χ1v) is 6.22. The number of carbonyl (C=O) groups is 1. The third kappa shape index (κ3) is 4.33. The van der Waals surface area contributed by atoms with Gasteiger partial charge in [-0.2, -0.15) is 0 Å². The van der Waals surface area contributed by atoms with Crippen molar-refractivity contribution in [1.82, 2.24) is 9.88 Å². The lowest BCUT2D eigenvalue weighted by atomic mass is 10.1. The molecule has 0 aliphatic rings. The van der Waals surface area contributed by atoms with Crippen molar-refractivity contribution in [2.75, 3.05) is 19.6 Å². The number of nitrogens with one attached hydrogen (secondary N) is 1. The molecule has 5 heteroatoms. The van der Waals surface area contributed by atoms with E-state index in [1.807, 2.05) is 0 Å². The van der Waals surface area contributed by atoms with Gasteiger partial charge in [0.05, 0.1) is 0 Å². The van der Waals surface area contributed by atoms with E-state index in [0.717, 1.165) is 6.42 Å². The number of aromatic amines is 1. The molecule has 1 rings (SSSR count). The lowest BCUT2D eigenvalue weighted by molar-refractivity contribution is 0.0735. The van der Waals surface area contributed by atoms with Gasteiger partial charge in [-0.1, -0.05) is 13.8 Å². The molecule has 1 heterocycles. The Bertz CT molecular complexity index is 440. The van der Waals surface area contributed by atoms with Crippen LogP contribution in [0.25, 0.3) is 0 Å². The van der Waals surface area contributed by atoms with Gasteiger partial charge in [0.15, 0.2) is 0 Å². The summed E-state index contributed by atoms with van der Waals surface area (Å²) < 4.78 is 0. The zero-order chi connectivity index (χ0) is 13.5. The van der Waals surface area contributed by atoms with E-state index in [2.05, 4.69) is 18.8 Å². The minimum atomic E-state index is -0.260. The maximum Gasteiger partial charge on any atom is 0.254 e. The highest BCUT2D eigenvalue weighted by atomic mass is 16.2. The van der Waals surface area contributed by atoms with Crippen LogP contribution in [0.15, 0.2) is 23.1 Å². The van der Waals surface area contributed by atoms with E-state index < -0.39 is 0 Å². The number of hydrogen-bond acceptors (Lipinski definition) is 3. The predicted octanol–water partition coefficient (Wildman–Crippen LogP) is 0.822. The number of pyridine rings is 1. The summed E-state index contributed by atoms with van der Waals surface area (Å²) in [5.74, 6) is 0.275. The Morgan fingerprint density at radius 2 is 2.22 bits per heavy atom. The Balaban J connectivity index is 2.83. The lowest BCUT2D eigenvalue weighted by Gasteiger charge is -2.24. The highest BCUT2D eigenvalue weighted by Gasteiger charge is 2.16. The minimum absolute atomic E-state index is 0.108. The molecule has 0 aliphatic carbocycles. The van der Waals surface area contributed by atoms with Crippen molar-refractivity contribution in [1.29, 1.82) is 0 Å². The molecule has 0 aromatic carbocycles. The van der Waals surface area contributed by atoms with Crippen LogP contribution < -0.4 is 11.3 Å². The molecular weight excluding hydrogens is 230 g/mol. The highest BCUT2D eigenvalue weighted by Crippen LogP contribution is 2.06. The van der Waals surface area contributed by atoms with Gasteiger partial charge >= 0.3 is 0 Å². The molecule has 0 bridgehead atoms. The number of rotatable bonds is 6. The van der Waals surface area contributed by atoms with E-state index in [0.29, 0.717) is 31.1 Å². The van der Waals surface area contributed by atoms with Gasteiger partial charge in [0, 0.05) is 30.9 Å². The van der Waals surface area contributed by atoms with Crippen LogP contribution in [-0.2, 0) is 0 Å². The summed E-state index contributed by atoms with van der Waals surface area (Å²) in [6.07, 6.45) is 2.26. The fraction of sp³-hybridized carbons (Fsp3) is 0.538. The van der Waals surface area contributed by atoms with Gasteiger partial charge in [-0.05, 0) is 24.9 Å². The number of nitrogens with zero attached hydrogens (tertiary/aromatic N) is 1. The first-order valence-electron chi connectivity index (χ1n) is 6.22. The molecule has 1 amide bonds. The van der Waals surface area contributed by atoms with Gasteiger partial charge in [0.1, 0.15) is 0 Å². The van der Waals surface area contributed by atoms with Crippen LogP contribution in [0.3, 0.4) is 0 Å². The molecule has 3 N–H and O–H groups in total. The van der Waals surface area contributed by atoms with Crippen LogP contribution in [-0.4, -0.2) is 35.4 Å². The molecule has 0 aliphatic heterocycles. The van der Waals surface area contributed by atoms with Crippen LogP contribution in [0.5, 0.6) is 0 Å². The van der Waals surface area contributed by atoms with E-state index in [1.165, 1.54) is 12.3 Å². The van der Waals surface area contributed by atoms with Gasteiger partial charge in [-0.3, -0.25) is 9.59 Å². The number of H-pyrrole nitrogens is 1. The Morgan fingerprint density at radius 3 is 2.78 bits per heavy atom. The first-order chi connectivity index (χ1) is 8.54. The average molecular weight is 251 g/mol. The zero-order valence-corrected chi connectivity index (χ0v) is 11.0. The molecule has 0 spiro atoms. The van der Waals surface area contributed by atoms with Gasteiger partial charge in [0.2, 0.25) is 5.56 Å². The molecule has 0 radical (unpaired) electrons. The average Bonchev–Trinajstić information content (AvgIpc) is 2.33. The molecule has 1 aromatic rings. The fourth-order valence-corrected chi connectivity index (χ4v) is 1.76. The first kappa shape index (κ1) is 14.4. The SMILES string of the molecule is CC(C)CN(CCCN)C(=O)c1cc[nH]c(=O)c1. The number of aromatic nitrogens is 1. The second-order valence-electron chi connectivity index (χ2n) is 4.73. The van der Waals surface area contributed by atoms with Crippen molar-refractivity contribution in [3.63, 3.8) is 0 Å². The monoisotopic (exact) mass is 251 g/mol. The maximum absolute atomic E-state index is 12.3. The summed E-state index contributed by atoms with van der Waals surface area (Å²) in [5.41, 5.74) is 5.64. The van der Waals surface area contributed by atoms with Crippen molar-refractivity contribution in [3.05, 3.63) is 34.2 Å². The van der Waals surface area contributed by atoms with Gasteiger partial charge < -0.3 is 15.6 Å². The minimum Gasteiger partial charge on any atom is -0.338 e. The summed E-state index contributed by atoms with van der Waals surface area (Å²) in [6, 6.07) is 2.96. The van der Waals surface area contributed by atoms with Gasteiger partial charge in [-0.15, -0.1) is 0 Å². The molecule has 0 unspecified atom stereocenters.